The maximum atomic E-state index is 12.1. The molecule has 0 aromatic carbocycles. The van der Waals surface area contributed by atoms with Gasteiger partial charge in [0.2, 0.25) is 5.91 Å². The van der Waals surface area contributed by atoms with E-state index in [2.05, 4.69) is 20.8 Å². The second-order valence-corrected chi connectivity index (χ2v) is 6.17. The fraction of sp³-hybridized carbons (Fsp3) is 0.643. The molecule has 0 radical (unpaired) electrons. The number of hydrogen-bond donors (Lipinski definition) is 3. The Kier molecular flexibility index (Phi) is 5.22. The van der Waals surface area contributed by atoms with E-state index in [1.807, 2.05) is 13.8 Å². The predicted octanol–water partition coefficient (Wildman–Crippen LogP) is 1.92. The highest BCUT2D eigenvalue weighted by molar-refractivity contribution is 6.32. The van der Waals surface area contributed by atoms with Gasteiger partial charge >= 0.3 is 0 Å². The van der Waals surface area contributed by atoms with Gasteiger partial charge in [0.15, 0.2) is 0 Å². The highest BCUT2D eigenvalue weighted by Gasteiger charge is 2.27. The summed E-state index contributed by atoms with van der Waals surface area (Å²) in [6, 6.07) is 0.278. The Morgan fingerprint density at radius 1 is 1.48 bits per heavy atom. The lowest BCUT2D eigenvalue weighted by atomic mass is 9.85. The zero-order chi connectivity index (χ0) is 15.4. The van der Waals surface area contributed by atoms with Crippen molar-refractivity contribution in [3.8, 4) is 0 Å². The molecule has 21 heavy (non-hydrogen) atoms. The number of aromatic nitrogens is 2. The van der Waals surface area contributed by atoms with Crippen LogP contribution in [0.25, 0.3) is 0 Å². The van der Waals surface area contributed by atoms with Gasteiger partial charge in [0.25, 0.3) is 5.56 Å². The zero-order valence-electron chi connectivity index (χ0n) is 12.3. The van der Waals surface area contributed by atoms with Crippen LogP contribution in [0.4, 0.5) is 5.69 Å². The molecular formula is C14H21ClN4O2. The van der Waals surface area contributed by atoms with Crippen LogP contribution in [0, 0.1) is 5.92 Å². The Balaban J connectivity index is 2.00. The van der Waals surface area contributed by atoms with Crippen LogP contribution in [0.1, 0.15) is 39.5 Å². The van der Waals surface area contributed by atoms with E-state index in [0.29, 0.717) is 5.69 Å². The van der Waals surface area contributed by atoms with Crippen molar-refractivity contribution in [1.29, 1.82) is 0 Å². The lowest BCUT2D eigenvalue weighted by molar-refractivity contribution is -0.126. The number of amides is 1. The molecule has 3 N–H and O–H groups in total. The molecule has 2 rings (SSSR count). The number of carbonyl (C=O) groups excluding carboxylic acids is 1. The van der Waals surface area contributed by atoms with Gasteiger partial charge in [0, 0.05) is 18.0 Å². The van der Waals surface area contributed by atoms with Crippen LogP contribution in [0.5, 0.6) is 0 Å². The maximum absolute atomic E-state index is 12.1. The SMILES string of the molecule is CC(C)NC(=O)C1CCCC(Nc2cn[nH]c(=O)c2Cl)C1. The summed E-state index contributed by atoms with van der Waals surface area (Å²) in [5.41, 5.74) is 0.113. The summed E-state index contributed by atoms with van der Waals surface area (Å²) < 4.78 is 0. The Morgan fingerprint density at radius 2 is 2.24 bits per heavy atom. The summed E-state index contributed by atoms with van der Waals surface area (Å²) >= 11 is 5.95. The number of aromatic amines is 1. The molecule has 6 nitrogen and oxygen atoms in total. The number of hydrogen-bond acceptors (Lipinski definition) is 4. The summed E-state index contributed by atoms with van der Waals surface area (Å²) in [5, 5.41) is 12.3. The summed E-state index contributed by atoms with van der Waals surface area (Å²) in [6.45, 7) is 3.91. The first-order valence-corrected chi connectivity index (χ1v) is 7.65. The van der Waals surface area contributed by atoms with Gasteiger partial charge in [0.05, 0.1) is 11.9 Å². The number of H-pyrrole nitrogens is 1. The Bertz CT molecular complexity index is 558. The van der Waals surface area contributed by atoms with Crippen LogP contribution in [-0.2, 0) is 4.79 Å². The normalized spacial score (nSPS) is 22.1. The molecule has 0 saturated heterocycles. The lowest BCUT2D eigenvalue weighted by Crippen LogP contribution is -2.40. The summed E-state index contributed by atoms with van der Waals surface area (Å²) in [5.74, 6) is 0.110. The van der Waals surface area contributed by atoms with E-state index in [9.17, 15) is 9.59 Å². The van der Waals surface area contributed by atoms with Crippen molar-refractivity contribution >= 4 is 23.2 Å². The molecule has 1 fully saturated rings. The van der Waals surface area contributed by atoms with Crippen LogP contribution < -0.4 is 16.2 Å². The van der Waals surface area contributed by atoms with Crippen LogP contribution >= 0.6 is 11.6 Å². The first-order chi connectivity index (χ1) is 9.97. The molecule has 1 heterocycles. The molecular weight excluding hydrogens is 292 g/mol. The van der Waals surface area contributed by atoms with Gasteiger partial charge in [-0.15, -0.1) is 0 Å². The van der Waals surface area contributed by atoms with Crippen LogP contribution in [0.3, 0.4) is 0 Å². The number of halogens is 1. The van der Waals surface area contributed by atoms with Crippen molar-refractivity contribution in [2.75, 3.05) is 5.32 Å². The molecule has 7 heteroatoms. The fourth-order valence-electron chi connectivity index (χ4n) is 2.67. The Labute approximate surface area is 128 Å². The third kappa shape index (κ3) is 4.20. The van der Waals surface area contributed by atoms with Crippen LogP contribution in [-0.4, -0.2) is 28.2 Å². The predicted molar refractivity (Wildman–Crippen MR) is 82.5 cm³/mol. The second-order valence-electron chi connectivity index (χ2n) is 5.79. The first-order valence-electron chi connectivity index (χ1n) is 7.27. The van der Waals surface area contributed by atoms with E-state index in [4.69, 9.17) is 11.6 Å². The molecule has 116 valence electrons. The Hall–Kier alpha value is -1.56. The maximum Gasteiger partial charge on any atom is 0.285 e. The monoisotopic (exact) mass is 312 g/mol. The molecule has 1 aromatic heterocycles. The van der Waals surface area contributed by atoms with Gasteiger partial charge in [-0.3, -0.25) is 9.59 Å². The fourth-order valence-corrected chi connectivity index (χ4v) is 2.81. The van der Waals surface area contributed by atoms with Gasteiger partial charge in [-0.05, 0) is 33.1 Å². The van der Waals surface area contributed by atoms with Crippen molar-refractivity contribution in [1.82, 2.24) is 15.5 Å². The van der Waals surface area contributed by atoms with E-state index in [0.717, 1.165) is 25.7 Å². The lowest BCUT2D eigenvalue weighted by Gasteiger charge is -2.30. The van der Waals surface area contributed by atoms with Crippen LogP contribution in [0.2, 0.25) is 5.02 Å². The second kappa shape index (κ2) is 6.93. The van der Waals surface area contributed by atoms with Crippen molar-refractivity contribution in [2.24, 2.45) is 5.92 Å². The molecule has 1 aliphatic rings. The molecule has 1 saturated carbocycles. The smallest absolute Gasteiger partial charge is 0.285 e. The van der Waals surface area contributed by atoms with Gasteiger partial charge < -0.3 is 10.6 Å². The van der Waals surface area contributed by atoms with E-state index >= 15 is 0 Å². The molecule has 0 bridgehead atoms. The van der Waals surface area contributed by atoms with Crippen molar-refractivity contribution in [2.45, 2.75) is 51.6 Å². The van der Waals surface area contributed by atoms with Gasteiger partial charge in [-0.1, -0.05) is 18.0 Å². The number of nitrogens with one attached hydrogen (secondary N) is 3. The van der Waals surface area contributed by atoms with Gasteiger partial charge in [-0.25, -0.2) is 5.10 Å². The molecule has 2 atom stereocenters. The quantitative estimate of drug-likeness (QED) is 0.792. The van der Waals surface area contributed by atoms with Gasteiger partial charge in [-0.2, -0.15) is 5.10 Å². The highest BCUT2D eigenvalue weighted by Crippen LogP contribution is 2.28. The van der Waals surface area contributed by atoms with E-state index in [1.54, 1.807) is 0 Å². The van der Waals surface area contributed by atoms with Gasteiger partial charge in [0.1, 0.15) is 5.02 Å². The summed E-state index contributed by atoms with van der Waals surface area (Å²) in [6.07, 6.45) is 5.07. The number of rotatable bonds is 4. The molecule has 1 aromatic rings. The summed E-state index contributed by atoms with van der Waals surface area (Å²) in [4.78, 5) is 23.5. The van der Waals surface area contributed by atoms with E-state index < -0.39 is 5.56 Å². The van der Waals surface area contributed by atoms with Crippen molar-refractivity contribution < 1.29 is 4.79 Å². The average Bonchev–Trinajstić information content (AvgIpc) is 2.43. The highest BCUT2D eigenvalue weighted by atomic mass is 35.5. The van der Waals surface area contributed by atoms with Crippen molar-refractivity contribution in [3.63, 3.8) is 0 Å². The standard InChI is InChI=1S/C14H21ClN4O2/c1-8(2)17-13(20)9-4-3-5-10(6-9)18-11-7-16-19-14(21)12(11)15/h7-10H,3-6H2,1-2H3,(H,17,20)(H2,18,19,21). The molecule has 0 aliphatic heterocycles. The molecule has 1 aliphatic carbocycles. The molecule has 1 amide bonds. The molecule has 0 spiro atoms. The largest absolute Gasteiger partial charge is 0.380 e. The van der Waals surface area contributed by atoms with E-state index in [-0.39, 0.29) is 28.9 Å². The number of carbonyl (C=O) groups is 1. The topological polar surface area (TPSA) is 86.9 Å². The molecule has 2 unspecified atom stereocenters. The third-order valence-electron chi connectivity index (χ3n) is 3.63. The minimum Gasteiger partial charge on any atom is -0.380 e. The number of anilines is 1. The number of nitrogens with zero attached hydrogens (tertiary/aromatic N) is 1. The van der Waals surface area contributed by atoms with Crippen LogP contribution in [0.15, 0.2) is 11.0 Å². The van der Waals surface area contributed by atoms with Crippen molar-refractivity contribution in [3.05, 3.63) is 21.6 Å². The minimum absolute atomic E-state index is 0.00683. The summed E-state index contributed by atoms with van der Waals surface area (Å²) in [7, 11) is 0. The minimum atomic E-state index is -0.411. The third-order valence-corrected chi connectivity index (χ3v) is 4.01. The zero-order valence-corrected chi connectivity index (χ0v) is 13.0. The Morgan fingerprint density at radius 3 is 2.95 bits per heavy atom. The average molecular weight is 313 g/mol. The van der Waals surface area contributed by atoms with E-state index in [1.165, 1.54) is 6.20 Å². The first kappa shape index (κ1) is 15.8.